The highest BCUT2D eigenvalue weighted by molar-refractivity contribution is 6.11. The normalized spacial score (nSPS) is 10.8. The minimum absolute atomic E-state index is 0.0272. The Morgan fingerprint density at radius 3 is 2.32 bits per heavy atom. The molecule has 1 amide bonds. The molecule has 0 saturated heterocycles. The number of hydrogen-bond donors (Lipinski definition) is 4. The van der Waals surface area contributed by atoms with Crippen LogP contribution < -0.4 is 15.8 Å². The third kappa shape index (κ3) is 5.98. The summed E-state index contributed by atoms with van der Waals surface area (Å²) in [7, 11) is 1.45. The van der Waals surface area contributed by atoms with E-state index in [-0.39, 0.29) is 34.6 Å². The number of benzene rings is 5. The van der Waals surface area contributed by atoms with Crippen molar-refractivity contribution >= 4 is 34.2 Å². The summed E-state index contributed by atoms with van der Waals surface area (Å²) in [5.74, 6) is 0.357. The number of ether oxygens (including phenoxy) is 1. The number of phenolic OH excluding ortho intramolecular Hbond substituents is 1. The highest BCUT2D eigenvalue weighted by Gasteiger charge is 2.18. The van der Waals surface area contributed by atoms with Gasteiger partial charge in [-0.2, -0.15) is 5.26 Å². The van der Waals surface area contributed by atoms with E-state index in [2.05, 4.69) is 21.4 Å². The number of aromatic hydroxyl groups is 1. The number of aromatic amines is 1. The van der Waals surface area contributed by atoms with Gasteiger partial charge in [0.15, 0.2) is 17.3 Å². The molecular formula is C40H28N6O4. The second kappa shape index (κ2) is 13.1. The van der Waals surface area contributed by atoms with Gasteiger partial charge in [0.25, 0.3) is 5.91 Å². The Bertz CT molecular complexity index is 2470. The molecule has 7 aromatic rings. The van der Waals surface area contributed by atoms with E-state index in [4.69, 9.17) is 15.5 Å². The van der Waals surface area contributed by atoms with E-state index in [1.165, 1.54) is 13.2 Å². The van der Waals surface area contributed by atoms with Crippen LogP contribution in [-0.4, -0.2) is 38.9 Å². The van der Waals surface area contributed by atoms with Crippen molar-refractivity contribution in [3.8, 4) is 51.3 Å². The first-order chi connectivity index (χ1) is 24.3. The number of nitrogens with zero attached hydrogens (tertiary/aromatic N) is 3. The Morgan fingerprint density at radius 2 is 1.56 bits per heavy atom. The summed E-state index contributed by atoms with van der Waals surface area (Å²) in [6.07, 6.45) is 0. The molecule has 10 heteroatoms. The van der Waals surface area contributed by atoms with Crippen molar-refractivity contribution in [2.24, 2.45) is 0 Å². The summed E-state index contributed by atoms with van der Waals surface area (Å²) < 4.78 is 5.24. The first-order valence-electron chi connectivity index (χ1n) is 15.5. The van der Waals surface area contributed by atoms with Crippen molar-refractivity contribution in [1.82, 2.24) is 15.0 Å². The zero-order valence-electron chi connectivity index (χ0n) is 26.6. The average Bonchev–Trinajstić information content (AvgIpc) is 3.58. The van der Waals surface area contributed by atoms with Gasteiger partial charge in [0.1, 0.15) is 23.3 Å². The number of rotatable bonds is 8. The Morgan fingerprint density at radius 1 is 0.820 bits per heavy atom. The van der Waals surface area contributed by atoms with E-state index >= 15 is 0 Å². The van der Waals surface area contributed by atoms with Gasteiger partial charge in [-0.25, -0.2) is 9.97 Å². The van der Waals surface area contributed by atoms with Crippen LogP contribution in [0.4, 0.5) is 11.5 Å². The Kier molecular flexibility index (Phi) is 8.21. The summed E-state index contributed by atoms with van der Waals surface area (Å²) in [5.41, 5.74) is 12.8. The number of nitriles is 1. The van der Waals surface area contributed by atoms with E-state index in [9.17, 15) is 20.0 Å². The van der Waals surface area contributed by atoms with Crippen LogP contribution in [0.15, 0.2) is 121 Å². The quantitative estimate of drug-likeness (QED) is 0.121. The molecule has 2 heterocycles. The zero-order chi connectivity index (χ0) is 34.8. The lowest BCUT2D eigenvalue weighted by Crippen LogP contribution is -2.13. The molecule has 242 valence electrons. The first-order valence-corrected chi connectivity index (χ1v) is 15.5. The molecule has 0 aliphatic carbocycles. The number of phenols is 1. The van der Waals surface area contributed by atoms with Crippen molar-refractivity contribution in [2.75, 3.05) is 18.2 Å². The van der Waals surface area contributed by atoms with Gasteiger partial charge >= 0.3 is 0 Å². The van der Waals surface area contributed by atoms with Gasteiger partial charge in [0.05, 0.1) is 29.4 Å². The predicted molar refractivity (Wildman–Crippen MR) is 192 cm³/mol. The summed E-state index contributed by atoms with van der Waals surface area (Å²) in [6.45, 7) is 0. The number of nitrogen functional groups attached to an aromatic ring is 1. The maximum atomic E-state index is 13.6. The topological polar surface area (TPSA) is 167 Å². The summed E-state index contributed by atoms with van der Waals surface area (Å²) in [5, 5.41) is 22.8. The number of nitrogens with one attached hydrogen (secondary N) is 2. The van der Waals surface area contributed by atoms with Gasteiger partial charge in [-0.15, -0.1) is 0 Å². The number of imidazole rings is 1. The molecule has 0 saturated carbocycles. The maximum Gasteiger partial charge on any atom is 0.256 e. The van der Waals surface area contributed by atoms with Crippen LogP contribution in [0.3, 0.4) is 0 Å². The van der Waals surface area contributed by atoms with Crippen LogP contribution in [0, 0.1) is 11.3 Å². The molecule has 2 aromatic heterocycles. The van der Waals surface area contributed by atoms with Crippen LogP contribution >= 0.6 is 0 Å². The van der Waals surface area contributed by atoms with Crippen molar-refractivity contribution < 1.29 is 19.4 Å². The molecule has 0 spiro atoms. The maximum absolute atomic E-state index is 13.6. The number of methoxy groups -OCH3 is 1. The van der Waals surface area contributed by atoms with E-state index in [0.717, 1.165) is 5.52 Å². The molecule has 5 N–H and O–H groups in total. The van der Waals surface area contributed by atoms with Gasteiger partial charge in [-0.1, -0.05) is 66.7 Å². The Hall–Kier alpha value is -7.25. The predicted octanol–water partition coefficient (Wildman–Crippen LogP) is 7.61. The van der Waals surface area contributed by atoms with Crippen LogP contribution in [0.1, 0.15) is 31.8 Å². The van der Waals surface area contributed by atoms with Crippen LogP contribution in [0.5, 0.6) is 11.5 Å². The number of fused-ring (bicyclic) bond motifs is 1. The van der Waals surface area contributed by atoms with E-state index in [1.54, 1.807) is 78.9 Å². The molecule has 7 rings (SSSR count). The summed E-state index contributed by atoms with van der Waals surface area (Å²) in [6, 6.07) is 37.3. The number of amides is 1. The molecule has 0 aliphatic rings. The monoisotopic (exact) mass is 656 g/mol. The minimum Gasteiger partial charge on any atom is -0.504 e. The molecule has 5 aromatic carbocycles. The van der Waals surface area contributed by atoms with Crippen LogP contribution in [-0.2, 0) is 0 Å². The SMILES string of the molecule is COc1cc(-c2cc(-c3ccc(NC(=O)c4ccccc4-c4nc5cc(C(=O)c6ccccc6)ccc5[nH]4)cc3)nc(N)c2C#N)ccc1O. The molecular weight excluding hydrogens is 628 g/mol. The molecule has 10 nitrogen and oxygen atoms in total. The number of H-pyrrole nitrogens is 1. The molecule has 50 heavy (non-hydrogen) atoms. The van der Waals surface area contributed by atoms with Gasteiger partial charge < -0.3 is 25.9 Å². The summed E-state index contributed by atoms with van der Waals surface area (Å²) in [4.78, 5) is 39.1. The van der Waals surface area contributed by atoms with Crippen molar-refractivity contribution in [2.45, 2.75) is 0 Å². The molecule has 0 bridgehead atoms. The highest BCUT2D eigenvalue weighted by atomic mass is 16.5. The van der Waals surface area contributed by atoms with E-state index < -0.39 is 0 Å². The second-order valence-electron chi connectivity index (χ2n) is 11.4. The second-order valence-corrected chi connectivity index (χ2v) is 11.4. The van der Waals surface area contributed by atoms with Gasteiger partial charge in [0.2, 0.25) is 0 Å². The number of anilines is 2. The molecule has 0 aliphatic heterocycles. The number of pyridine rings is 1. The van der Waals surface area contributed by atoms with E-state index in [0.29, 0.717) is 61.7 Å². The lowest BCUT2D eigenvalue weighted by Gasteiger charge is -2.13. The van der Waals surface area contributed by atoms with Gasteiger partial charge in [0, 0.05) is 33.5 Å². The number of hydrogen-bond acceptors (Lipinski definition) is 8. The third-order valence-electron chi connectivity index (χ3n) is 8.30. The fraction of sp³-hybridized carbons (Fsp3) is 0.0250. The minimum atomic E-state index is -0.335. The molecule has 0 atom stereocenters. The number of carbonyl (C=O) groups is 2. The summed E-state index contributed by atoms with van der Waals surface area (Å²) >= 11 is 0. The molecule has 0 unspecified atom stereocenters. The van der Waals surface area contributed by atoms with Crippen molar-refractivity contribution in [3.63, 3.8) is 0 Å². The lowest BCUT2D eigenvalue weighted by atomic mass is 9.98. The third-order valence-corrected chi connectivity index (χ3v) is 8.30. The fourth-order valence-corrected chi connectivity index (χ4v) is 5.74. The van der Waals surface area contributed by atoms with Gasteiger partial charge in [-0.3, -0.25) is 9.59 Å². The lowest BCUT2D eigenvalue weighted by molar-refractivity contribution is 0.102. The Balaban J connectivity index is 1.13. The van der Waals surface area contributed by atoms with Crippen LogP contribution in [0.2, 0.25) is 0 Å². The van der Waals surface area contributed by atoms with Gasteiger partial charge in [-0.05, 0) is 60.2 Å². The Labute approximate surface area is 286 Å². The van der Waals surface area contributed by atoms with Crippen molar-refractivity contribution in [1.29, 1.82) is 5.26 Å². The number of ketones is 1. The van der Waals surface area contributed by atoms with Crippen LogP contribution in [0.25, 0.3) is 44.8 Å². The fourth-order valence-electron chi connectivity index (χ4n) is 5.74. The first kappa shape index (κ1) is 31.4. The average molecular weight is 657 g/mol. The van der Waals surface area contributed by atoms with Crippen molar-refractivity contribution in [3.05, 3.63) is 144 Å². The number of aromatic nitrogens is 3. The smallest absolute Gasteiger partial charge is 0.256 e. The molecule has 0 fully saturated rings. The molecule has 0 radical (unpaired) electrons. The zero-order valence-corrected chi connectivity index (χ0v) is 26.6. The standard InChI is InChI=1S/C40H28N6O4/c1-50-36-20-25(14-18-35(36)47)30-21-33(44-38(42)31(30)22-41)23-11-15-27(16-12-23)43-40(49)29-10-6-5-9-28(29)39-45-32-17-13-26(19-34(32)46-39)37(48)24-7-3-2-4-8-24/h2-21,47H,1H3,(H2,42,44)(H,43,49)(H,45,46). The largest absolute Gasteiger partial charge is 0.504 e. The highest BCUT2D eigenvalue weighted by Crippen LogP contribution is 2.36. The number of nitrogens with two attached hydrogens (primary N) is 1. The number of carbonyl (C=O) groups excluding carboxylic acids is 2. The van der Waals surface area contributed by atoms with E-state index in [1.807, 2.05) is 36.4 Å².